The van der Waals surface area contributed by atoms with Crippen LogP contribution in [0.15, 0.2) is 42.5 Å². The zero-order chi connectivity index (χ0) is 15.5. The van der Waals surface area contributed by atoms with Gasteiger partial charge in [-0.3, -0.25) is 0 Å². The van der Waals surface area contributed by atoms with Gasteiger partial charge in [0.2, 0.25) is 0 Å². The van der Waals surface area contributed by atoms with Crippen LogP contribution >= 0.6 is 31.9 Å². The van der Waals surface area contributed by atoms with E-state index in [0.29, 0.717) is 22.6 Å². The van der Waals surface area contributed by atoms with Crippen molar-refractivity contribution in [1.82, 2.24) is 0 Å². The molecule has 0 aromatic heterocycles. The van der Waals surface area contributed by atoms with E-state index in [4.69, 9.17) is 0 Å². The predicted octanol–water partition coefficient (Wildman–Crippen LogP) is 5.54. The fraction of sp³-hybridized carbons (Fsp3) is 0.294. The third-order valence-corrected chi connectivity index (χ3v) is 5.88. The summed E-state index contributed by atoms with van der Waals surface area (Å²) in [6.45, 7) is 2.03. The van der Waals surface area contributed by atoms with Crippen molar-refractivity contribution in [2.24, 2.45) is 0 Å². The van der Waals surface area contributed by atoms with Crippen LogP contribution in [-0.2, 0) is 11.8 Å². The molecule has 0 aliphatic heterocycles. The molecule has 0 unspecified atom stereocenters. The quantitative estimate of drug-likeness (QED) is 0.560. The minimum atomic E-state index is -0.797. The molecular formula is C17H16Br2F2. The Morgan fingerprint density at radius 1 is 0.952 bits per heavy atom. The molecule has 0 atom stereocenters. The molecule has 0 fully saturated rings. The molecule has 0 saturated heterocycles. The van der Waals surface area contributed by atoms with Gasteiger partial charge in [-0.2, -0.15) is 0 Å². The summed E-state index contributed by atoms with van der Waals surface area (Å²) in [6.07, 6.45) is 0.427. The lowest BCUT2D eigenvalue weighted by Crippen LogP contribution is -2.33. The van der Waals surface area contributed by atoms with Crippen LogP contribution in [0.3, 0.4) is 0 Å². The van der Waals surface area contributed by atoms with E-state index in [1.807, 2.05) is 19.1 Å². The highest BCUT2D eigenvalue weighted by Gasteiger charge is 2.31. The van der Waals surface area contributed by atoms with Gasteiger partial charge in [0.25, 0.3) is 0 Å². The Kier molecular flexibility index (Phi) is 5.55. The summed E-state index contributed by atoms with van der Waals surface area (Å²) in [5, 5.41) is 1.31. The molecule has 2 aromatic carbocycles. The molecule has 0 spiro atoms. The van der Waals surface area contributed by atoms with Crippen molar-refractivity contribution in [3.63, 3.8) is 0 Å². The number of halogens is 4. The maximum atomic E-state index is 14.0. The molecule has 0 radical (unpaired) electrons. The highest BCUT2D eigenvalue weighted by Crippen LogP contribution is 2.34. The third-order valence-electron chi connectivity index (χ3n) is 3.74. The van der Waals surface area contributed by atoms with E-state index in [9.17, 15) is 8.78 Å². The van der Waals surface area contributed by atoms with Crippen molar-refractivity contribution in [2.45, 2.75) is 18.8 Å². The standard InChI is InChI=1S/C17H16Br2F2/c1-12-5-7-14(8-6-12)17(10-18,11-19)9-13-3-2-4-15(20)16(13)21/h2-8H,9-11H2,1H3. The van der Waals surface area contributed by atoms with Gasteiger partial charge in [0, 0.05) is 16.1 Å². The van der Waals surface area contributed by atoms with Crippen LogP contribution in [0.4, 0.5) is 8.78 Å². The van der Waals surface area contributed by atoms with Gasteiger partial charge in [-0.15, -0.1) is 0 Å². The van der Waals surface area contributed by atoms with Crippen molar-refractivity contribution in [2.75, 3.05) is 10.7 Å². The monoisotopic (exact) mass is 416 g/mol. The zero-order valence-corrected chi connectivity index (χ0v) is 14.8. The number of benzene rings is 2. The van der Waals surface area contributed by atoms with E-state index in [2.05, 4.69) is 44.0 Å². The van der Waals surface area contributed by atoms with E-state index >= 15 is 0 Å². The number of hydrogen-bond acceptors (Lipinski definition) is 0. The lowest BCUT2D eigenvalue weighted by atomic mass is 9.78. The van der Waals surface area contributed by atoms with Gasteiger partial charge in [0.15, 0.2) is 11.6 Å². The molecule has 0 bridgehead atoms. The summed E-state index contributed by atoms with van der Waals surface area (Å²) in [5.74, 6) is -1.55. The van der Waals surface area contributed by atoms with E-state index < -0.39 is 11.6 Å². The van der Waals surface area contributed by atoms with E-state index in [0.717, 1.165) is 11.6 Å². The van der Waals surface area contributed by atoms with Gasteiger partial charge in [0.1, 0.15) is 0 Å². The van der Waals surface area contributed by atoms with Gasteiger partial charge < -0.3 is 0 Å². The van der Waals surface area contributed by atoms with Crippen LogP contribution in [0.1, 0.15) is 16.7 Å². The largest absolute Gasteiger partial charge is 0.204 e. The molecule has 0 aliphatic carbocycles. The Balaban J connectivity index is 2.43. The van der Waals surface area contributed by atoms with Crippen molar-refractivity contribution in [1.29, 1.82) is 0 Å². The van der Waals surface area contributed by atoms with E-state index in [-0.39, 0.29) is 5.41 Å². The molecule has 0 N–H and O–H groups in total. The molecule has 0 saturated carbocycles. The zero-order valence-electron chi connectivity index (χ0n) is 11.7. The van der Waals surface area contributed by atoms with Crippen LogP contribution in [-0.4, -0.2) is 10.7 Å². The normalized spacial score (nSPS) is 11.7. The second-order valence-corrected chi connectivity index (χ2v) is 6.42. The molecule has 112 valence electrons. The molecule has 0 heterocycles. The highest BCUT2D eigenvalue weighted by molar-refractivity contribution is 9.09. The van der Waals surface area contributed by atoms with Crippen LogP contribution in [0.25, 0.3) is 0 Å². The van der Waals surface area contributed by atoms with Gasteiger partial charge in [0.05, 0.1) is 0 Å². The summed E-state index contributed by atoms with van der Waals surface area (Å²) in [5.41, 5.74) is 2.36. The van der Waals surface area contributed by atoms with Crippen molar-refractivity contribution < 1.29 is 8.78 Å². The summed E-state index contributed by atoms with van der Waals surface area (Å²) in [6, 6.07) is 12.5. The van der Waals surface area contributed by atoms with Crippen molar-refractivity contribution in [3.05, 3.63) is 70.8 Å². The molecular weight excluding hydrogens is 402 g/mol. The summed E-state index contributed by atoms with van der Waals surface area (Å²) in [4.78, 5) is 0. The summed E-state index contributed by atoms with van der Waals surface area (Å²) < 4.78 is 27.4. The van der Waals surface area contributed by atoms with Gasteiger partial charge in [-0.05, 0) is 30.5 Å². The molecule has 4 heteroatoms. The van der Waals surface area contributed by atoms with Gasteiger partial charge >= 0.3 is 0 Å². The van der Waals surface area contributed by atoms with Crippen LogP contribution in [0, 0.1) is 18.6 Å². The Hall–Kier alpha value is -0.740. The van der Waals surface area contributed by atoms with Gasteiger partial charge in [-0.25, -0.2) is 8.78 Å². The first-order valence-electron chi connectivity index (χ1n) is 6.64. The maximum Gasteiger partial charge on any atom is 0.162 e. The Morgan fingerprint density at radius 2 is 1.57 bits per heavy atom. The van der Waals surface area contributed by atoms with Crippen molar-refractivity contribution in [3.8, 4) is 0 Å². The second-order valence-electron chi connectivity index (χ2n) is 5.30. The fourth-order valence-corrected chi connectivity index (χ4v) is 4.32. The SMILES string of the molecule is Cc1ccc(C(CBr)(CBr)Cc2cccc(F)c2F)cc1. The molecule has 0 aliphatic rings. The smallest absolute Gasteiger partial charge is 0.162 e. The second kappa shape index (κ2) is 7.01. The topological polar surface area (TPSA) is 0 Å². The average molecular weight is 418 g/mol. The number of hydrogen-bond donors (Lipinski definition) is 0. The highest BCUT2D eigenvalue weighted by atomic mass is 79.9. The minimum Gasteiger partial charge on any atom is -0.204 e. The molecule has 0 nitrogen and oxygen atoms in total. The van der Waals surface area contributed by atoms with Crippen LogP contribution in [0.2, 0.25) is 0 Å². The first-order chi connectivity index (χ1) is 10.0. The lowest BCUT2D eigenvalue weighted by Gasteiger charge is -2.31. The number of aryl methyl sites for hydroxylation is 1. The van der Waals surface area contributed by atoms with E-state index in [1.54, 1.807) is 12.1 Å². The minimum absolute atomic E-state index is 0.317. The number of alkyl halides is 2. The summed E-state index contributed by atoms with van der Waals surface area (Å²) in [7, 11) is 0. The molecule has 0 amide bonds. The van der Waals surface area contributed by atoms with Crippen LogP contribution < -0.4 is 0 Å². The number of rotatable bonds is 5. The Bertz CT molecular complexity index is 605. The van der Waals surface area contributed by atoms with Gasteiger partial charge in [-0.1, -0.05) is 73.8 Å². The molecule has 2 rings (SSSR count). The maximum absolute atomic E-state index is 14.0. The van der Waals surface area contributed by atoms with Crippen molar-refractivity contribution >= 4 is 31.9 Å². The summed E-state index contributed by atoms with van der Waals surface area (Å²) >= 11 is 7.09. The first-order valence-corrected chi connectivity index (χ1v) is 8.89. The molecule has 2 aromatic rings. The molecule has 21 heavy (non-hydrogen) atoms. The lowest BCUT2D eigenvalue weighted by molar-refractivity contribution is 0.476. The Morgan fingerprint density at radius 3 is 2.14 bits per heavy atom. The third kappa shape index (κ3) is 3.54. The average Bonchev–Trinajstić information content (AvgIpc) is 2.50. The van der Waals surface area contributed by atoms with Crippen LogP contribution in [0.5, 0.6) is 0 Å². The first kappa shape index (κ1) is 16.6. The Labute approximate surface area is 140 Å². The fourth-order valence-electron chi connectivity index (χ4n) is 2.34. The predicted molar refractivity (Wildman–Crippen MR) is 90.5 cm³/mol. The van der Waals surface area contributed by atoms with E-state index in [1.165, 1.54) is 5.56 Å².